The van der Waals surface area contributed by atoms with Crippen LogP contribution in [0.2, 0.25) is 0 Å². The molecule has 0 saturated heterocycles. The van der Waals surface area contributed by atoms with Crippen LogP contribution in [-0.2, 0) is 6.54 Å². The molecule has 0 aliphatic carbocycles. The Hall–Kier alpha value is -1.72. The van der Waals surface area contributed by atoms with Crippen molar-refractivity contribution < 1.29 is 4.52 Å². The van der Waals surface area contributed by atoms with Crippen LogP contribution in [0.25, 0.3) is 10.2 Å². The number of para-hydroxylation sites is 1. The third-order valence-corrected chi connectivity index (χ3v) is 4.67. The Bertz CT molecular complexity index is 679. The third kappa shape index (κ3) is 2.46. The van der Waals surface area contributed by atoms with Gasteiger partial charge in [0.1, 0.15) is 10.8 Å². The van der Waals surface area contributed by atoms with E-state index in [4.69, 9.17) is 4.52 Å². The quantitative estimate of drug-likeness (QED) is 0.794. The predicted octanol–water partition coefficient (Wildman–Crippen LogP) is 3.75. The lowest BCUT2D eigenvalue weighted by Crippen LogP contribution is -2.18. The Kier molecular flexibility index (Phi) is 3.54. The van der Waals surface area contributed by atoms with Crippen LogP contribution in [0, 0.1) is 13.8 Å². The van der Waals surface area contributed by atoms with Crippen LogP contribution in [0.4, 0.5) is 0 Å². The summed E-state index contributed by atoms with van der Waals surface area (Å²) in [5, 5.41) is 8.57. The minimum Gasteiger partial charge on any atom is -0.361 e. The fourth-order valence-corrected chi connectivity index (χ4v) is 3.17. The number of benzene rings is 1. The molecule has 0 radical (unpaired) electrons. The molecular formula is C15H17N3OS. The average molecular weight is 287 g/mol. The van der Waals surface area contributed by atoms with Crippen LogP contribution in [0.1, 0.15) is 35.0 Å². The SMILES string of the molecule is Cc1noc(C)c1CNC(C)c1nc2ccccc2s1. The summed E-state index contributed by atoms with van der Waals surface area (Å²) in [6, 6.07) is 8.44. The molecule has 0 amide bonds. The lowest BCUT2D eigenvalue weighted by Gasteiger charge is -2.10. The zero-order chi connectivity index (χ0) is 14.1. The zero-order valence-corrected chi connectivity index (χ0v) is 12.6. The molecule has 1 N–H and O–H groups in total. The van der Waals surface area contributed by atoms with Gasteiger partial charge in [-0.3, -0.25) is 0 Å². The maximum atomic E-state index is 5.18. The standard InChI is InChI=1S/C15H17N3OS/c1-9-12(11(3)19-18-9)8-16-10(2)15-17-13-6-4-5-7-14(13)20-15/h4-7,10,16H,8H2,1-3H3. The van der Waals surface area contributed by atoms with E-state index in [0.717, 1.165) is 34.1 Å². The van der Waals surface area contributed by atoms with Crippen LogP contribution in [0.3, 0.4) is 0 Å². The first kappa shape index (κ1) is 13.3. The van der Waals surface area contributed by atoms with Crippen molar-refractivity contribution in [2.24, 2.45) is 0 Å². The lowest BCUT2D eigenvalue weighted by atomic mass is 10.2. The molecule has 2 aromatic heterocycles. The van der Waals surface area contributed by atoms with E-state index >= 15 is 0 Å². The summed E-state index contributed by atoms with van der Waals surface area (Å²) < 4.78 is 6.41. The van der Waals surface area contributed by atoms with Gasteiger partial charge >= 0.3 is 0 Å². The fourth-order valence-electron chi connectivity index (χ4n) is 2.17. The number of fused-ring (bicyclic) bond motifs is 1. The van der Waals surface area contributed by atoms with Gasteiger partial charge in [0.05, 0.1) is 22.0 Å². The first-order valence-electron chi connectivity index (χ1n) is 6.65. The minimum absolute atomic E-state index is 0.209. The van der Waals surface area contributed by atoms with E-state index in [0.29, 0.717) is 0 Å². The summed E-state index contributed by atoms with van der Waals surface area (Å²) >= 11 is 1.74. The molecular weight excluding hydrogens is 270 g/mol. The van der Waals surface area contributed by atoms with E-state index in [2.05, 4.69) is 34.5 Å². The summed E-state index contributed by atoms with van der Waals surface area (Å²) in [6.45, 7) is 6.80. The average Bonchev–Trinajstić information content (AvgIpc) is 3.01. The number of nitrogens with one attached hydrogen (secondary N) is 1. The number of rotatable bonds is 4. The summed E-state index contributed by atoms with van der Waals surface area (Å²) in [5.41, 5.74) is 3.16. The second-order valence-electron chi connectivity index (χ2n) is 4.93. The highest BCUT2D eigenvalue weighted by Gasteiger charge is 2.14. The molecule has 0 bridgehead atoms. The molecule has 0 fully saturated rings. The van der Waals surface area contributed by atoms with Gasteiger partial charge < -0.3 is 9.84 Å². The van der Waals surface area contributed by atoms with Crippen molar-refractivity contribution in [2.45, 2.75) is 33.4 Å². The van der Waals surface area contributed by atoms with Crippen molar-refractivity contribution in [1.29, 1.82) is 0 Å². The van der Waals surface area contributed by atoms with Crippen molar-refractivity contribution in [3.8, 4) is 0 Å². The molecule has 20 heavy (non-hydrogen) atoms. The van der Waals surface area contributed by atoms with Gasteiger partial charge in [-0.25, -0.2) is 4.98 Å². The van der Waals surface area contributed by atoms with Crippen LogP contribution in [0.5, 0.6) is 0 Å². The molecule has 0 aliphatic heterocycles. The molecule has 3 aromatic rings. The molecule has 3 rings (SSSR count). The summed E-state index contributed by atoms with van der Waals surface area (Å²) in [5.74, 6) is 0.881. The van der Waals surface area contributed by atoms with Gasteiger partial charge in [0.25, 0.3) is 0 Å². The highest BCUT2D eigenvalue weighted by Crippen LogP contribution is 2.26. The van der Waals surface area contributed by atoms with Crippen molar-refractivity contribution >= 4 is 21.6 Å². The van der Waals surface area contributed by atoms with Gasteiger partial charge in [-0.1, -0.05) is 17.3 Å². The second kappa shape index (κ2) is 5.34. The summed E-state index contributed by atoms with van der Waals surface area (Å²) in [6.07, 6.45) is 0. The number of nitrogens with zero attached hydrogens (tertiary/aromatic N) is 2. The van der Waals surface area contributed by atoms with Crippen LogP contribution in [0.15, 0.2) is 28.8 Å². The van der Waals surface area contributed by atoms with Gasteiger partial charge in [-0.2, -0.15) is 0 Å². The Morgan fingerprint density at radius 3 is 2.80 bits per heavy atom. The minimum atomic E-state index is 0.209. The molecule has 5 heteroatoms. The number of thiazole rings is 1. The van der Waals surface area contributed by atoms with Gasteiger partial charge in [-0.05, 0) is 32.9 Å². The Labute approximate surface area is 121 Å². The predicted molar refractivity (Wildman–Crippen MR) is 80.9 cm³/mol. The van der Waals surface area contributed by atoms with Gasteiger partial charge in [0.2, 0.25) is 0 Å². The van der Waals surface area contributed by atoms with Crippen molar-refractivity contribution in [3.05, 3.63) is 46.3 Å². The lowest BCUT2D eigenvalue weighted by molar-refractivity contribution is 0.391. The molecule has 2 heterocycles. The van der Waals surface area contributed by atoms with E-state index in [1.165, 1.54) is 4.70 Å². The molecule has 0 spiro atoms. The van der Waals surface area contributed by atoms with Crippen LogP contribution < -0.4 is 5.32 Å². The Balaban J connectivity index is 1.74. The van der Waals surface area contributed by atoms with E-state index in [9.17, 15) is 0 Å². The second-order valence-corrected chi connectivity index (χ2v) is 5.99. The van der Waals surface area contributed by atoms with Gasteiger partial charge in [-0.15, -0.1) is 11.3 Å². The highest BCUT2D eigenvalue weighted by molar-refractivity contribution is 7.18. The molecule has 1 atom stereocenters. The Morgan fingerprint density at radius 1 is 1.30 bits per heavy atom. The molecule has 0 saturated carbocycles. The molecule has 4 nitrogen and oxygen atoms in total. The summed E-state index contributed by atoms with van der Waals surface area (Å²) in [4.78, 5) is 4.67. The smallest absolute Gasteiger partial charge is 0.138 e. The first-order valence-corrected chi connectivity index (χ1v) is 7.47. The van der Waals surface area contributed by atoms with Crippen LogP contribution >= 0.6 is 11.3 Å². The van der Waals surface area contributed by atoms with Crippen molar-refractivity contribution in [2.75, 3.05) is 0 Å². The maximum Gasteiger partial charge on any atom is 0.138 e. The number of aryl methyl sites for hydroxylation is 2. The third-order valence-electron chi connectivity index (χ3n) is 3.45. The summed E-state index contributed by atoms with van der Waals surface area (Å²) in [7, 11) is 0. The Morgan fingerprint density at radius 2 is 2.10 bits per heavy atom. The maximum absolute atomic E-state index is 5.18. The number of hydrogen-bond donors (Lipinski definition) is 1. The zero-order valence-electron chi connectivity index (χ0n) is 11.8. The molecule has 1 unspecified atom stereocenters. The van der Waals surface area contributed by atoms with Gasteiger partial charge in [0, 0.05) is 12.1 Å². The number of aromatic nitrogens is 2. The van der Waals surface area contributed by atoms with Gasteiger partial charge in [0.15, 0.2) is 0 Å². The molecule has 0 aliphatic rings. The largest absolute Gasteiger partial charge is 0.361 e. The van der Waals surface area contributed by atoms with E-state index in [1.807, 2.05) is 26.0 Å². The first-order chi connectivity index (χ1) is 9.65. The monoisotopic (exact) mass is 287 g/mol. The molecule has 104 valence electrons. The normalized spacial score (nSPS) is 12.9. The van der Waals surface area contributed by atoms with Crippen molar-refractivity contribution in [1.82, 2.24) is 15.5 Å². The van der Waals surface area contributed by atoms with Crippen molar-refractivity contribution in [3.63, 3.8) is 0 Å². The van der Waals surface area contributed by atoms with E-state index in [1.54, 1.807) is 11.3 Å². The van der Waals surface area contributed by atoms with Crippen LogP contribution in [-0.4, -0.2) is 10.1 Å². The highest BCUT2D eigenvalue weighted by atomic mass is 32.1. The van der Waals surface area contributed by atoms with E-state index in [-0.39, 0.29) is 6.04 Å². The fraction of sp³-hybridized carbons (Fsp3) is 0.333. The van der Waals surface area contributed by atoms with E-state index < -0.39 is 0 Å². The molecule has 1 aromatic carbocycles. The number of hydrogen-bond acceptors (Lipinski definition) is 5. The topological polar surface area (TPSA) is 51.0 Å².